The highest BCUT2D eigenvalue weighted by Gasteiger charge is 1.82. The molecule has 1 heteroatoms. The van der Waals surface area contributed by atoms with Crippen molar-refractivity contribution in [3.63, 3.8) is 0 Å². The molecular weight excluding hydrogens is 146 g/mol. The van der Waals surface area contributed by atoms with Crippen LogP contribution in [0.5, 0.6) is 0 Å². The van der Waals surface area contributed by atoms with Crippen molar-refractivity contribution in [2.24, 2.45) is 0 Å². The molecule has 0 saturated heterocycles. The van der Waals surface area contributed by atoms with Crippen LogP contribution >= 0.6 is 0 Å². The Labute approximate surface area is 77.2 Å². The molecule has 0 aromatic carbocycles. The lowest BCUT2D eigenvalue weighted by molar-refractivity contribution is 0.681. The van der Waals surface area contributed by atoms with E-state index in [2.05, 4.69) is 31.4 Å². The van der Waals surface area contributed by atoms with Crippen molar-refractivity contribution < 1.29 is 0 Å². The van der Waals surface area contributed by atoms with Crippen LogP contribution in [-0.4, -0.2) is 6.54 Å². The summed E-state index contributed by atoms with van der Waals surface area (Å²) in [6.07, 6.45) is 11.6. The summed E-state index contributed by atoms with van der Waals surface area (Å²) in [6.45, 7) is 7.14. The second-order valence-electron chi connectivity index (χ2n) is 3.06. The summed E-state index contributed by atoms with van der Waals surface area (Å²) in [5.41, 5.74) is 0. The van der Waals surface area contributed by atoms with Crippen LogP contribution in [0.4, 0.5) is 0 Å². The van der Waals surface area contributed by atoms with Crippen LogP contribution in [-0.2, 0) is 0 Å². The van der Waals surface area contributed by atoms with Crippen LogP contribution in [0, 0.1) is 6.92 Å². The lowest BCUT2D eigenvalue weighted by atomic mass is 10.2. The minimum atomic E-state index is 1.04. The molecule has 0 spiro atoms. The average molecular weight is 168 g/mol. The van der Waals surface area contributed by atoms with E-state index in [4.69, 9.17) is 0 Å². The third-order valence-corrected chi connectivity index (χ3v) is 1.78. The Morgan fingerprint density at radius 1 is 1.25 bits per heavy atom. The van der Waals surface area contributed by atoms with Crippen molar-refractivity contribution in [2.75, 3.05) is 6.54 Å². The minimum Gasteiger partial charge on any atom is -0.391 e. The zero-order valence-corrected chi connectivity index (χ0v) is 8.31. The predicted octanol–water partition coefficient (Wildman–Crippen LogP) is 3.28. The zero-order chi connectivity index (χ0) is 9.07. The van der Waals surface area contributed by atoms with Gasteiger partial charge in [-0.3, -0.25) is 0 Å². The second-order valence-corrected chi connectivity index (χ2v) is 3.06. The summed E-state index contributed by atoms with van der Waals surface area (Å²) >= 11 is 0. The molecule has 0 unspecified atom stereocenters. The summed E-state index contributed by atoms with van der Waals surface area (Å²) < 4.78 is 0. The molecule has 1 radical (unpaired) electrons. The van der Waals surface area contributed by atoms with Gasteiger partial charge in [0.25, 0.3) is 0 Å². The topological polar surface area (TPSA) is 12.0 Å². The van der Waals surface area contributed by atoms with Gasteiger partial charge in [0.2, 0.25) is 0 Å². The van der Waals surface area contributed by atoms with E-state index in [0.717, 1.165) is 19.4 Å². The molecule has 1 N–H and O–H groups in total. The third-order valence-electron chi connectivity index (χ3n) is 1.78. The minimum absolute atomic E-state index is 1.04. The smallest absolute Gasteiger partial charge is 0.0141 e. The summed E-state index contributed by atoms with van der Waals surface area (Å²) in [4.78, 5) is 0. The van der Waals surface area contributed by atoms with E-state index in [0.29, 0.717) is 0 Å². The molecule has 71 valence electrons. The molecule has 0 atom stereocenters. The maximum absolute atomic E-state index is 3.79. The molecule has 0 aliphatic heterocycles. The Morgan fingerprint density at radius 3 is 2.75 bits per heavy atom. The number of rotatable bonds is 8. The van der Waals surface area contributed by atoms with Gasteiger partial charge in [-0.25, -0.2) is 0 Å². The summed E-state index contributed by atoms with van der Waals surface area (Å²) in [6, 6.07) is 0. The van der Waals surface area contributed by atoms with Crippen LogP contribution in [0.25, 0.3) is 0 Å². The molecular formula is C11H22N. The molecule has 1 nitrogen and oxygen atoms in total. The van der Waals surface area contributed by atoms with E-state index >= 15 is 0 Å². The molecule has 0 aromatic rings. The van der Waals surface area contributed by atoms with Gasteiger partial charge in [-0.2, -0.15) is 0 Å². The Morgan fingerprint density at radius 2 is 2.08 bits per heavy atom. The highest BCUT2D eigenvalue weighted by molar-refractivity contribution is 4.79. The Hall–Kier alpha value is -0.460. The lowest BCUT2D eigenvalue weighted by Crippen LogP contribution is -2.06. The fraction of sp³-hybridized carbons (Fsp3) is 0.727. The van der Waals surface area contributed by atoms with Gasteiger partial charge >= 0.3 is 0 Å². The lowest BCUT2D eigenvalue weighted by Gasteiger charge is -1.98. The molecule has 0 aliphatic carbocycles. The van der Waals surface area contributed by atoms with E-state index < -0.39 is 0 Å². The van der Waals surface area contributed by atoms with Crippen LogP contribution < -0.4 is 5.32 Å². The SMILES string of the molecule is [CH2]CCC/C=C/NCCCCC. The van der Waals surface area contributed by atoms with Crippen molar-refractivity contribution in [1.82, 2.24) is 5.32 Å². The first kappa shape index (κ1) is 11.5. The first-order chi connectivity index (χ1) is 5.91. The largest absolute Gasteiger partial charge is 0.391 e. The van der Waals surface area contributed by atoms with Crippen LogP contribution in [0.15, 0.2) is 12.3 Å². The van der Waals surface area contributed by atoms with Crippen molar-refractivity contribution in [1.29, 1.82) is 0 Å². The highest BCUT2D eigenvalue weighted by Crippen LogP contribution is 1.94. The molecule has 0 aliphatic rings. The number of hydrogen-bond donors (Lipinski definition) is 1. The number of unbranched alkanes of at least 4 members (excludes halogenated alkanes) is 4. The van der Waals surface area contributed by atoms with Crippen LogP contribution in [0.2, 0.25) is 0 Å². The van der Waals surface area contributed by atoms with Gasteiger partial charge in [-0.1, -0.05) is 39.2 Å². The van der Waals surface area contributed by atoms with Gasteiger partial charge in [0, 0.05) is 6.54 Å². The highest BCUT2D eigenvalue weighted by atomic mass is 14.8. The Kier molecular flexibility index (Phi) is 10.1. The van der Waals surface area contributed by atoms with E-state index in [1.807, 2.05) is 0 Å². The first-order valence-electron chi connectivity index (χ1n) is 5.09. The molecule has 0 heterocycles. The van der Waals surface area contributed by atoms with Gasteiger partial charge in [0.1, 0.15) is 0 Å². The summed E-state index contributed by atoms with van der Waals surface area (Å²) in [5.74, 6) is 0. The monoisotopic (exact) mass is 168 g/mol. The average Bonchev–Trinajstić information content (AvgIpc) is 2.10. The molecule has 0 saturated carbocycles. The number of allylic oxidation sites excluding steroid dienone is 1. The summed E-state index contributed by atoms with van der Waals surface area (Å²) in [7, 11) is 0. The van der Waals surface area contributed by atoms with Gasteiger partial charge in [0.05, 0.1) is 0 Å². The molecule has 0 fully saturated rings. The van der Waals surface area contributed by atoms with Crippen molar-refractivity contribution in [3.05, 3.63) is 19.2 Å². The molecule has 0 rings (SSSR count). The number of nitrogens with one attached hydrogen (secondary N) is 1. The van der Waals surface area contributed by atoms with Gasteiger partial charge < -0.3 is 5.32 Å². The van der Waals surface area contributed by atoms with E-state index in [9.17, 15) is 0 Å². The fourth-order valence-corrected chi connectivity index (χ4v) is 0.989. The van der Waals surface area contributed by atoms with Crippen molar-refractivity contribution in [2.45, 2.75) is 45.4 Å². The van der Waals surface area contributed by atoms with E-state index in [-0.39, 0.29) is 0 Å². The van der Waals surface area contributed by atoms with Crippen LogP contribution in [0.1, 0.15) is 45.4 Å². The second kappa shape index (κ2) is 10.5. The third kappa shape index (κ3) is 9.54. The quantitative estimate of drug-likeness (QED) is 0.548. The molecule has 12 heavy (non-hydrogen) atoms. The fourth-order valence-electron chi connectivity index (χ4n) is 0.989. The van der Waals surface area contributed by atoms with Crippen molar-refractivity contribution in [3.8, 4) is 0 Å². The standard InChI is InChI=1S/C11H22N/c1-3-5-7-9-11-12-10-8-6-4-2/h9,11-12H,1,3-8,10H2,2H3/b11-9+. The van der Waals surface area contributed by atoms with Gasteiger partial charge in [-0.05, 0) is 25.5 Å². The zero-order valence-electron chi connectivity index (χ0n) is 8.31. The Bertz CT molecular complexity index is 97.2. The maximum Gasteiger partial charge on any atom is 0.0141 e. The maximum atomic E-state index is 3.79. The Balaban J connectivity index is 2.92. The number of hydrogen-bond acceptors (Lipinski definition) is 1. The normalized spacial score (nSPS) is 10.8. The first-order valence-corrected chi connectivity index (χ1v) is 5.09. The van der Waals surface area contributed by atoms with Gasteiger partial charge in [-0.15, -0.1) is 0 Å². The predicted molar refractivity (Wildman–Crippen MR) is 55.9 cm³/mol. The molecule has 0 bridgehead atoms. The van der Waals surface area contributed by atoms with Crippen molar-refractivity contribution >= 4 is 0 Å². The van der Waals surface area contributed by atoms with Crippen LogP contribution in [0.3, 0.4) is 0 Å². The van der Waals surface area contributed by atoms with E-state index in [1.54, 1.807) is 0 Å². The van der Waals surface area contributed by atoms with E-state index in [1.165, 1.54) is 25.7 Å². The molecule has 0 amide bonds. The summed E-state index contributed by atoms with van der Waals surface area (Å²) in [5, 5.41) is 3.28. The molecule has 0 aromatic heterocycles. The van der Waals surface area contributed by atoms with Gasteiger partial charge in [0.15, 0.2) is 0 Å².